The number of rotatable bonds is 8. The van der Waals surface area contributed by atoms with Gasteiger partial charge in [0, 0.05) is 25.8 Å². The van der Waals surface area contributed by atoms with E-state index >= 15 is 0 Å². The highest BCUT2D eigenvalue weighted by atomic mass is 16.5. The van der Waals surface area contributed by atoms with Crippen LogP contribution >= 0.6 is 0 Å². The average molecular weight is 739 g/mol. The second kappa shape index (κ2) is 13.7. The zero-order valence-electron chi connectivity index (χ0n) is 33.7. The van der Waals surface area contributed by atoms with Crippen LogP contribution in [0.5, 0.6) is 0 Å². The smallest absolute Gasteiger partial charge is 0.338 e. The Morgan fingerprint density at radius 2 is 1.65 bits per heavy atom. The summed E-state index contributed by atoms with van der Waals surface area (Å²) in [4.78, 5) is 69.1. The molecule has 2 heterocycles. The zero-order chi connectivity index (χ0) is 38.4. The van der Waals surface area contributed by atoms with Crippen molar-refractivity contribution in [2.45, 2.75) is 131 Å². The van der Waals surface area contributed by atoms with E-state index in [0.29, 0.717) is 22.6 Å². The summed E-state index contributed by atoms with van der Waals surface area (Å²) in [5, 5.41) is 0. The van der Waals surface area contributed by atoms with E-state index in [1.165, 1.54) is 62.5 Å². The van der Waals surface area contributed by atoms with Crippen LogP contribution in [-0.2, 0) is 23.9 Å². The molecule has 4 saturated carbocycles. The van der Waals surface area contributed by atoms with Gasteiger partial charge in [0.25, 0.3) is 0 Å². The molecule has 12 atom stereocenters. The summed E-state index contributed by atoms with van der Waals surface area (Å²) in [7, 11) is 1.47. The van der Waals surface area contributed by atoms with Crippen molar-refractivity contribution in [3.8, 4) is 0 Å². The summed E-state index contributed by atoms with van der Waals surface area (Å²) < 4.78 is 6.24. The molecule has 54 heavy (non-hydrogen) atoms. The summed E-state index contributed by atoms with van der Waals surface area (Å²) >= 11 is 0. The molecule has 2 saturated heterocycles. The predicted molar refractivity (Wildman–Crippen MR) is 207 cm³/mol. The van der Waals surface area contributed by atoms with Crippen molar-refractivity contribution >= 4 is 35.3 Å². The number of carbonyl (C=O) groups is 5. The summed E-state index contributed by atoms with van der Waals surface area (Å²) in [6.07, 6.45) is 15.9. The van der Waals surface area contributed by atoms with Gasteiger partial charge in [0.15, 0.2) is 0 Å². The molecule has 0 aromatic heterocycles. The summed E-state index contributed by atoms with van der Waals surface area (Å²) in [6.45, 7) is 14.2. The predicted octanol–water partition coefficient (Wildman–Crippen LogP) is 8.69. The monoisotopic (exact) mass is 738 g/mol. The van der Waals surface area contributed by atoms with Crippen LogP contribution < -0.4 is 4.90 Å². The number of likely N-dealkylation sites (tertiary alicyclic amines) is 1. The van der Waals surface area contributed by atoms with Crippen LogP contribution in [0.25, 0.3) is 0 Å². The molecule has 1 aromatic carbocycles. The first-order valence-corrected chi connectivity index (χ1v) is 21.3. The fourth-order valence-corrected chi connectivity index (χ4v) is 13.7. The lowest BCUT2D eigenvalue weighted by molar-refractivity contribution is -0.152. The number of ether oxygens (including phenoxy) is 1. The van der Waals surface area contributed by atoms with E-state index in [2.05, 4.69) is 40.7 Å². The molecule has 0 radical (unpaired) electrons. The Labute approximate surface area is 322 Å². The molecule has 0 bridgehead atoms. The molecule has 12 unspecified atom stereocenters. The number of fused-ring (bicyclic) bond motifs is 8. The molecule has 8 nitrogen and oxygen atoms in total. The summed E-state index contributed by atoms with van der Waals surface area (Å²) in [6, 6.07) is 5.12. The molecule has 0 N–H and O–H groups in total. The molecule has 1 aromatic rings. The number of aryl methyl sites for hydroxylation is 1. The van der Waals surface area contributed by atoms with E-state index in [4.69, 9.17) is 4.74 Å². The second-order valence-electron chi connectivity index (χ2n) is 19.8. The average Bonchev–Trinajstić information content (AvgIpc) is 3.75. The fraction of sp³-hybridized carbons (Fsp3) is 0.717. The lowest BCUT2D eigenvalue weighted by Gasteiger charge is -2.58. The molecule has 8 heteroatoms. The van der Waals surface area contributed by atoms with Gasteiger partial charge in [-0.1, -0.05) is 65.5 Å². The third-order valence-corrected chi connectivity index (χ3v) is 16.5. The van der Waals surface area contributed by atoms with Crippen LogP contribution in [0.1, 0.15) is 134 Å². The second-order valence-corrected chi connectivity index (χ2v) is 19.8. The largest absolute Gasteiger partial charge is 0.458 e. The summed E-state index contributed by atoms with van der Waals surface area (Å²) in [5.41, 5.74) is 3.52. The van der Waals surface area contributed by atoms with E-state index in [1.807, 2.05) is 6.92 Å². The van der Waals surface area contributed by atoms with Gasteiger partial charge in [-0.25, -0.2) is 4.79 Å². The molecular weight excluding hydrogens is 677 g/mol. The Morgan fingerprint density at radius 1 is 0.870 bits per heavy atom. The van der Waals surface area contributed by atoms with Crippen molar-refractivity contribution in [3.63, 3.8) is 0 Å². The first-order chi connectivity index (χ1) is 25.6. The zero-order valence-corrected chi connectivity index (χ0v) is 33.7. The maximum Gasteiger partial charge on any atom is 0.338 e. The Morgan fingerprint density at radius 3 is 2.41 bits per heavy atom. The van der Waals surface area contributed by atoms with E-state index in [-0.39, 0.29) is 48.0 Å². The van der Waals surface area contributed by atoms with Crippen LogP contribution in [0.4, 0.5) is 5.69 Å². The molecule has 5 aliphatic carbocycles. The lowest BCUT2D eigenvalue weighted by atomic mass is 9.47. The minimum absolute atomic E-state index is 0.0863. The van der Waals surface area contributed by atoms with Gasteiger partial charge in [-0.05, 0) is 134 Å². The Balaban J connectivity index is 0.931. The van der Waals surface area contributed by atoms with Gasteiger partial charge in [0.1, 0.15) is 6.10 Å². The van der Waals surface area contributed by atoms with Gasteiger partial charge in [-0.2, -0.15) is 0 Å². The summed E-state index contributed by atoms with van der Waals surface area (Å²) in [5.74, 6) is 0.611. The SMILES string of the molecule is Cc1cc(C(=O)OC2CCC3(C)C(=CCC4C3CCC3(C)C(C(C)CCCC(C)C)CCC43)C2)cc(N2C(=O)C3CC4C(=O)N(C)C(=O)CC4C3C2=O)c1. The van der Waals surface area contributed by atoms with E-state index < -0.39 is 29.6 Å². The van der Waals surface area contributed by atoms with E-state index in [0.717, 1.165) is 65.7 Å². The topological polar surface area (TPSA) is 101 Å². The third-order valence-electron chi connectivity index (χ3n) is 16.5. The van der Waals surface area contributed by atoms with E-state index in [9.17, 15) is 24.0 Å². The molecule has 0 spiro atoms. The first-order valence-electron chi connectivity index (χ1n) is 21.3. The first kappa shape index (κ1) is 37.6. The van der Waals surface area contributed by atoms with Crippen molar-refractivity contribution in [2.24, 2.45) is 70.0 Å². The van der Waals surface area contributed by atoms with Crippen molar-refractivity contribution < 1.29 is 28.7 Å². The normalized spacial score (nSPS) is 39.2. The number of hydrogen-bond acceptors (Lipinski definition) is 6. The number of amides is 4. The van der Waals surface area contributed by atoms with E-state index in [1.54, 1.807) is 18.2 Å². The highest BCUT2D eigenvalue weighted by Crippen LogP contribution is 2.67. The number of benzene rings is 1. The number of hydrogen-bond donors (Lipinski definition) is 0. The van der Waals surface area contributed by atoms with Crippen molar-refractivity contribution in [3.05, 3.63) is 41.0 Å². The van der Waals surface area contributed by atoms with Crippen molar-refractivity contribution in [1.82, 2.24) is 4.90 Å². The molecule has 292 valence electrons. The highest BCUT2D eigenvalue weighted by molar-refractivity contribution is 6.23. The minimum Gasteiger partial charge on any atom is -0.458 e. The van der Waals surface area contributed by atoms with Crippen LogP contribution in [0.2, 0.25) is 0 Å². The number of allylic oxidation sites excluding steroid dienone is 1. The minimum atomic E-state index is -0.698. The number of imide groups is 2. The third kappa shape index (κ3) is 5.93. The van der Waals surface area contributed by atoms with Gasteiger partial charge in [0.2, 0.25) is 23.6 Å². The molecule has 7 aliphatic rings. The fourth-order valence-electron chi connectivity index (χ4n) is 13.7. The van der Waals surface area contributed by atoms with Gasteiger partial charge in [-0.15, -0.1) is 0 Å². The molecule has 8 rings (SSSR count). The van der Waals surface area contributed by atoms with Gasteiger partial charge < -0.3 is 4.74 Å². The van der Waals surface area contributed by atoms with Gasteiger partial charge in [-0.3, -0.25) is 29.0 Å². The Hall–Kier alpha value is -3.29. The van der Waals surface area contributed by atoms with Crippen molar-refractivity contribution in [1.29, 1.82) is 0 Å². The lowest BCUT2D eigenvalue weighted by Crippen LogP contribution is -2.51. The van der Waals surface area contributed by atoms with Crippen LogP contribution in [0.3, 0.4) is 0 Å². The number of esters is 1. The van der Waals surface area contributed by atoms with Crippen LogP contribution in [0, 0.1) is 76.9 Å². The molecule has 6 fully saturated rings. The van der Waals surface area contributed by atoms with Gasteiger partial charge in [0.05, 0.1) is 23.1 Å². The molecule has 2 aliphatic heterocycles. The maximum atomic E-state index is 13.9. The van der Waals surface area contributed by atoms with Gasteiger partial charge >= 0.3 is 5.97 Å². The molecule has 4 amide bonds. The Bertz CT molecular complexity index is 1780. The number of piperidine rings is 1. The number of carbonyl (C=O) groups excluding carboxylic acids is 5. The van der Waals surface area contributed by atoms with Crippen LogP contribution in [-0.4, -0.2) is 47.6 Å². The molecular formula is C46H62N2O6. The maximum absolute atomic E-state index is 13.9. The van der Waals surface area contributed by atoms with Crippen molar-refractivity contribution in [2.75, 3.05) is 11.9 Å². The highest BCUT2D eigenvalue weighted by Gasteiger charge is 2.62. The number of nitrogens with zero attached hydrogens (tertiary/aromatic N) is 2. The Kier molecular flexibility index (Phi) is 9.56. The van der Waals surface area contributed by atoms with Crippen LogP contribution in [0.15, 0.2) is 29.8 Å². The number of anilines is 1. The quantitative estimate of drug-likeness (QED) is 0.150. The standard InChI is InChI=1S/C46H62N2O6/c1-25(2)9-8-10-27(4)36-13-14-37-32-12-11-29-22-31(15-17-45(29,5)38(32)16-18-46(36,37)6)54-44(53)28-19-26(3)20-30(21-28)48-42(51)35-23-34-33(40(35)43(48)52)24-39(49)47(7)41(34)50/h11,19-21,25,27,31-38,40H,8-10,12-18,22-24H2,1-7H3.